The Kier molecular flexibility index (Phi) is 5.81. The molecule has 0 spiro atoms. The molecule has 1 aliphatic heterocycles. The summed E-state index contributed by atoms with van der Waals surface area (Å²) in [6.45, 7) is 10.6. The SMILES string of the molecule is CC1CCN(CCCNC(=O)C(C)C)CC1. The van der Waals surface area contributed by atoms with Crippen molar-refractivity contribution >= 4 is 5.91 Å². The Morgan fingerprint density at radius 3 is 2.56 bits per heavy atom. The lowest BCUT2D eigenvalue weighted by molar-refractivity contribution is -0.123. The molecule has 1 aliphatic rings. The fraction of sp³-hybridized carbons (Fsp3) is 0.923. The highest BCUT2D eigenvalue weighted by Gasteiger charge is 2.14. The van der Waals surface area contributed by atoms with E-state index in [-0.39, 0.29) is 11.8 Å². The fourth-order valence-electron chi connectivity index (χ4n) is 2.00. The van der Waals surface area contributed by atoms with E-state index in [2.05, 4.69) is 17.1 Å². The number of amides is 1. The molecule has 1 heterocycles. The van der Waals surface area contributed by atoms with E-state index in [0.717, 1.165) is 25.4 Å². The van der Waals surface area contributed by atoms with Crippen molar-refractivity contribution in [2.24, 2.45) is 11.8 Å². The van der Waals surface area contributed by atoms with Crippen LogP contribution in [-0.4, -0.2) is 37.0 Å². The number of hydrogen-bond donors (Lipinski definition) is 1. The molecule has 0 atom stereocenters. The maximum Gasteiger partial charge on any atom is 0.222 e. The molecule has 0 radical (unpaired) electrons. The average Bonchev–Trinajstić information content (AvgIpc) is 2.26. The molecule has 0 unspecified atom stereocenters. The van der Waals surface area contributed by atoms with Crippen LogP contribution in [-0.2, 0) is 4.79 Å². The Morgan fingerprint density at radius 2 is 2.00 bits per heavy atom. The van der Waals surface area contributed by atoms with Gasteiger partial charge in [-0.1, -0.05) is 20.8 Å². The van der Waals surface area contributed by atoms with Crippen LogP contribution in [0.15, 0.2) is 0 Å². The molecule has 0 aromatic carbocycles. The van der Waals surface area contributed by atoms with Gasteiger partial charge in [-0.15, -0.1) is 0 Å². The first-order chi connectivity index (χ1) is 7.59. The minimum atomic E-state index is 0.107. The van der Waals surface area contributed by atoms with Crippen LogP contribution >= 0.6 is 0 Å². The molecule has 0 saturated carbocycles. The zero-order chi connectivity index (χ0) is 12.0. The summed E-state index contributed by atoms with van der Waals surface area (Å²) in [6.07, 6.45) is 3.74. The molecule has 0 bridgehead atoms. The monoisotopic (exact) mass is 226 g/mol. The topological polar surface area (TPSA) is 32.3 Å². The maximum absolute atomic E-state index is 11.3. The summed E-state index contributed by atoms with van der Waals surface area (Å²) in [4.78, 5) is 13.8. The van der Waals surface area contributed by atoms with Gasteiger partial charge in [0.05, 0.1) is 0 Å². The van der Waals surface area contributed by atoms with Crippen molar-refractivity contribution in [3.05, 3.63) is 0 Å². The van der Waals surface area contributed by atoms with E-state index in [1.54, 1.807) is 0 Å². The Bertz CT molecular complexity index is 208. The highest BCUT2D eigenvalue weighted by Crippen LogP contribution is 2.15. The molecule has 94 valence electrons. The van der Waals surface area contributed by atoms with Gasteiger partial charge in [0.25, 0.3) is 0 Å². The fourth-order valence-corrected chi connectivity index (χ4v) is 2.00. The number of nitrogens with one attached hydrogen (secondary N) is 1. The van der Waals surface area contributed by atoms with Gasteiger partial charge in [-0.3, -0.25) is 4.79 Å². The normalized spacial score (nSPS) is 19.0. The highest BCUT2D eigenvalue weighted by molar-refractivity contribution is 5.77. The third kappa shape index (κ3) is 4.97. The van der Waals surface area contributed by atoms with E-state index < -0.39 is 0 Å². The summed E-state index contributed by atoms with van der Waals surface area (Å²) >= 11 is 0. The molecule has 0 aliphatic carbocycles. The predicted octanol–water partition coefficient (Wildman–Crippen LogP) is 1.88. The number of hydrogen-bond acceptors (Lipinski definition) is 2. The van der Waals surface area contributed by atoms with Gasteiger partial charge in [-0.05, 0) is 44.8 Å². The molecular weight excluding hydrogens is 200 g/mol. The average molecular weight is 226 g/mol. The number of rotatable bonds is 5. The zero-order valence-corrected chi connectivity index (χ0v) is 11.0. The van der Waals surface area contributed by atoms with Crippen LogP contribution in [0.4, 0.5) is 0 Å². The molecule has 1 rings (SSSR count). The van der Waals surface area contributed by atoms with Gasteiger partial charge in [0.2, 0.25) is 5.91 Å². The number of carbonyl (C=O) groups is 1. The molecule has 1 saturated heterocycles. The Balaban J connectivity index is 2.01. The molecular formula is C13H26N2O. The van der Waals surface area contributed by atoms with Crippen molar-refractivity contribution in [2.75, 3.05) is 26.2 Å². The van der Waals surface area contributed by atoms with Gasteiger partial charge in [-0.2, -0.15) is 0 Å². The number of piperidine rings is 1. The van der Waals surface area contributed by atoms with Crippen molar-refractivity contribution in [1.29, 1.82) is 0 Å². The lowest BCUT2D eigenvalue weighted by atomic mass is 9.99. The van der Waals surface area contributed by atoms with Crippen LogP contribution in [0, 0.1) is 11.8 Å². The van der Waals surface area contributed by atoms with E-state index >= 15 is 0 Å². The van der Waals surface area contributed by atoms with Crippen LogP contribution in [0.3, 0.4) is 0 Å². The van der Waals surface area contributed by atoms with Crippen molar-refractivity contribution in [3.63, 3.8) is 0 Å². The minimum absolute atomic E-state index is 0.107. The van der Waals surface area contributed by atoms with Crippen LogP contribution in [0.5, 0.6) is 0 Å². The van der Waals surface area contributed by atoms with Gasteiger partial charge in [-0.25, -0.2) is 0 Å². The predicted molar refractivity (Wildman–Crippen MR) is 67.3 cm³/mol. The summed E-state index contributed by atoms with van der Waals surface area (Å²) in [5.74, 6) is 1.18. The highest BCUT2D eigenvalue weighted by atomic mass is 16.1. The van der Waals surface area contributed by atoms with Crippen LogP contribution in [0.2, 0.25) is 0 Å². The standard InChI is InChI=1S/C13H26N2O/c1-11(2)13(16)14-7-4-8-15-9-5-12(3)6-10-15/h11-12H,4-10H2,1-3H3,(H,14,16). The summed E-state index contributed by atoms with van der Waals surface area (Å²) in [6, 6.07) is 0. The smallest absolute Gasteiger partial charge is 0.222 e. The number of likely N-dealkylation sites (tertiary alicyclic amines) is 1. The van der Waals surface area contributed by atoms with E-state index in [4.69, 9.17) is 0 Å². The van der Waals surface area contributed by atoms with Crippen LogP contribution < -0.4 is 5.32 Å². The summed E-state index contributed by atoms with van der Waals surface area (Å²) < 4.78 is 0. The lowest BCUT2D eigenvalue weighted by Crippen LogP contribution is -2.36. The summed E-state index contributed by atoms with van der Waals surface area (Å²) in [5, 5.41) is 2.96. The summed E-state index contributed by atoms with van der Waals surface area (Å²) in [7, 11) is 0. The third-order valence-electron chi connectivity index (χ3n) is 3.35. The lowest BCUT2D eigenvalue weighted by Gasteiger charge is -2.30. The first kappa shape index (κ1) is 13.5. The molecule has 1 N–H and O–H groups in total. The van der Waals surface area contributed by atoms with Gasteiger partial charge in [0.15, 0.2) is 0 Å². The summed E-state index contributed by atoms with van der Waals surface area (Å²) in [5.41, 5.74) is 0. The number of nitrogens with zero attached hydrogens (tertiary/aromatic N) is 1. The first-order valence-corrected chi connectivity index (χ1v) is 6.59. The second-order valence-corrected chi connectivity index (χ2v) is 5.32. The second-order valence-electron chi connectivity index (χ2n) is 5.32. The molecule has 0 aromatic rings. The Morgan fingerprint density at radius 1 is 1.38 bits per heavy atom. The van der Waals surface area contributed by atoms with E-state index in [1.165, 1.54) is 25.9 Å². The van der Waals surface area contributed by atoms with Crippen molar-refractivity contribution in [3.8, 4) is 0 Å². The van der Waals surface area contributed by atoms with Crippen molar-refractivity contribution < 1.29 is 4.79 Å². The third-order valence-corrected chi connectivity index (χ3v) is 3.35. The number of carbonyl (C=O) groups excluding carboxylic acids is 1. The van der Waals surface area contributed by atoms with Gasteiger partial charge in [0, 0.05) is 12.5 Å². The van der Waals surface area contributed by atoms with Gasteiger partial charge < -0.3 is 10.2 Å². The molecule has 1 fully saturated rings. The first-order valence-electron chi connectivity index (χ1n) is 6.59. The Labute approximate surface area is 99.6 Å². The van der Waals surface area contributed by atoms with E-state index in [9.17, 15) is 4.79 Å². The van der Waals surface area contributed by atoms with Crippen LogP contribution in [0.25, 0.3) is 0 Å². The van der Waals surface area contributed by atoms with Crippen molar-refractivity contribution in [1.82, 2.24) is 10.2 Å². The van der Waals surface area contributed by atoms with E-state index in [1.807, 2.05) is 13.8 Å². The second kappa shape index (κ2) is 6.89. The molecule has 1 amide bonds. The van der Waals surface area contributed by atoms with Gasteiger partial charge >= 0.3 is 0 Å². The van der Waals surface area contributed by atoms with Crippen LogP contribution in [0.1, 0.15) is 40.0 Å². The maximum atomic E-state index is 11.3. The molecule has 16 heavy (non-hydrogen) atoms. The zero-order valence-electron chi connectivity index (χ0n) is 11.0. The molecule has 3 heteroatoms. The van der Waals surface area contributed by atoms with Gasteiger partial charge in [0.1, 0.15) is 0 Å². The molecule has 0 aromatic heterocycles. The van der Waals surface area contributed by atoms with Crippen molar-refractivity contribution in [2.45, 2.75) is 40.0 Å². The van der Waals surface area contributed by atoms with E-state index in [0.29, 0.717) is 0 Å². The minimum Gasteiger partial charge on any atom is -0.356 e. The molecule has 3 nitrogen and oxygen atoms in total. The largest absolute Gasteiger partial charge is 0.356 e. The Hall–Kier alpha value is -0.570. The quantitative estimate of drug-likeness (QED) is 0.726.